The molecule has 0 spiro atoms. The Labute approximate surface area is 122 Å². The van der Waals surface area contributed by atoms with E-state index in [1.54, 1.807) is 0 Å². The van der Waals surface area contributed by atoms with E-state index < -0.39 is 10.0 Å². The number of aliphatic hydroxyl groups excluding tert-OH is 1. The first-order chi connectivity index (χ1) is 9.45. The highest BCUT2D eigenvalue weighted by Gasteiger charge is 2.30. The molecule has 2 rings (SSSR count). The number of hydrogen-bond acceptors (Lipinski definition) is 5. The normalized spacial score (nSPS) is 12.4. The van der Waals surface area contributed by atoms with E-state index in [4.69, 9.17) is 9.52 Å². The number of rotatable bonds is 6. The first kappa shape index (κ1) is 15.2. The molecule has 0 unspecified atom stereocenters. The van der Waals surface area contributed by atoms with Crippen molar-refractivity contribution in [1.82, 2.24) is 4.31 Å². The van der Waals surface area contributed by atoms with Crippen molar-refractivity contribution in [2.75, 3.05) is 0 Å². The quantitative estimate of drug-likeness (QED) is 0.889. The van der Waals surface area contributed by atoms with Crippen molar-refractivity contribution in [1.29, 1.82) is 0 Å². The van der Waals surface area contributed by atoms with Gasteiger partial charge >= 0.3 is 0 Å². The van der Waals surface area contributed by atoms with E-state index >= 15 is 0 Å². The van der Waals surface area contributed by atoms with Gasteiger partial charge in [0.2, 0.25) is 5.09 Å². The summed E-state index contributed by atoms with van der Waals surface area (Å²) in [7, 11) is -3.70. The van der Waals surface area contributed by atoms with Gasteiger partial charge in [-0.05, 0) is 37.4 Å². The van der Waals surface area contributed by atoms with E-state index in [-0.39, 0.29) is 23.5 Å². The second-order valence-corrected chi connectivity index (χ2v) is 7.46. The molecule has 0 saturated heterocycles. The zero-order chi connectivity index (χ0) is 14.8. The SMILES string of the molecule is CC(C)N(Cc1cccs1)S(=O)(=O)c1ccc(CO)o1. The van der Waals surface area contributed by atoms with Crippen LogP contribution < -0.4 is 0 Å². The molecule has 1 N–H and O–H groups in total. The van der Waals surface area contributed by atoms with Crippen LogP contribution in [0.2, 0.25) is 0 Å². The van der Waals surface area contributed by atoms with Crippen molar-refractivity contribution in [2.24, 2.45) is 0 Å². The number of thiophene rings is 1. The summed E-state index contributed by atoms with van der Waals surface area (Å²) in [6.45, 7) is 3.64. The minimum Gasteiger partial charge on any atom is -0.446 e. The van der Waals surface area contributed by atoms with Crippen LogP contribution in [0.15, 0.2) is 39.2 Å². The maximum absolute atomic E-state index is 12.6. The van der Waals surface area contributed by atoms with Gasteiger partial charge in [0.05, 0.1) is 0 Å². The third kappa shape index (κ3) is 3.12. The van der Waals surface area contributed by atoms with Gasteiger partial charge in [-0.1, -0.05) is 6.07 Å². The van der Waals surface area contributed by atoms with Gasteiger partial charge in [-0.15, -0.1) is 11.3 Å². The van der Waals surface area contributed by atoms with Gasteiger partial charge in [-0.2, -0.15) is 4.31 Å². The first-order valence-electron chi connectivity index (χ1n) is 6.19. The Hall–Kier alpha value is -1.15. The monoisotopic (exact) mass is 315 g/mol. The Bertz CT molecular complexity index is 644. The van der Waals surface area contributed by atoms with Crippen LogP contribution in [0.25, 0.3) is 0 Å². The van der Waals surface area contributed by atoms with E-state index in [9.17, 15) is 8.42 Å². The highest BCUT2D eigenvalue weighted by Crippen LogP contribution is 2.24. The maximum atomic E-state index is 12.6. The summed E-state index contributed by atoms with van der Waals surface area (Å²) < 4.78 is 31.7. The summed E-state index contributed by atoms with van der Waals surface area (Å²) in [5.74, 6) is 0.239. The van der Waals surface area contributed by atoms with Gasteiger partial charge in [0.1, 0.15) is 12.4 Å². The van der Waals surface area contributed by atoms with Gasteiger partial charge in [0.15, 0.2) is 0 Å². The molecule has 7 heteroatoms. The van der Waals surface area contributed by atoms with Crippen molar-refractivity contribution in [3.05, 3.63) is 40.3 Å². The summed E-state index contributed by atoms with van der Waals surface area (Å²) in [4.78, 5) is 0.969. The predicted molar refractivity (Wildman–Crippen MR) is 76.8 cm³/mol. The molecule has 0 aliphatic rings. The van der Waals surface area contributed by atoms with E-state index in [2.05, 4.69) is 0 Å². The molecule has 0 aliphatic carbocycles. The summed E-state index contributed by atoms with van der Waals surface area (Å²) >= 11 is 1.51. The molecule has 2 aromatic rings. The topological polar surface area (TPSA) is 70.8 Å². The molecular weight excluding hydrogens is 298 g/mol. The van der Waals surface area contributed by atoms with Gasteiger partial charge in [0.25, 0.3) is 10.0 Å². The van der Waals surface area contributed by atoms with Crippen molar-refractivity contribution in [2.45, 2.75) is 38.1 Å². The largest absolute Gasteiger partial charge is 0.446 e. The fourth-order valence-electron chi connectivity index (χ4n) is 1.80. The van der Waals surface area contributed by atoms with Crippen molar-refractivity contribution in [3.8, 4) is 0 Å². The van der Waals surface area contributed by atoms with Gasteiger partial charge in [-0.3, -0.25) is 0 Å². The number of aliphatic hydroxyl groups is 1. The molecule has 0 amide bonds. The lowest BCUT2D eigenvalue weighted by atomic mass is 10.4. The summed E-state index contributed by atoms with van der Waals surface area (Å²) in [5.41, 5.74) is 0. The average molecular weight is 315 g/mol. The summed E-state index contributed by atoms with van der Waals surface area (Å²) in [5, 5.41) is 10.8. The molecule has 2 aromatic heterocycles. The third-order valence-corrected chi connectivity index (χ3v) is 5.58. The van der Waals surface area contributed by atoms with E-state index in [0.717, 1.165) is 4.88 Å². The Kier molecular flexibility index (Phi) is 4.64. The highest BCUT2D eigenvalue weighted by molar-refractivity contribution is 7.89. The fraction of sp³-hybridized carbons (Fsp3) is 0.385. The van der Waals surface area contributed by atoms with Crippen LogP contribution >= 0.6 is 11.3 Å². The van der Waals surface area contributed by atoms with E-state index in [1.165, 1.54) is 27.8 Å². The Balaban J connectivity index is 2.32. The zero-order valence-corrected chi connectivity index (χ0v) is 12.9. The molecule has 0 saturated carbocycles. The molecule has 0 aromatic carbocycles. The Morgan fingerprint density at radius 1 is 1.35 bits per heavy atom. The average Bonchev–Trinajstić information content (AvgIpc) is 3.06. The number of nitrogens with zero attached hydrogens (tertiary/aromatic N) is 1. The molecule has 0 atom stereocenters. The smallest absolute Gasteiger partial charge is 0.277 e. The Morgan fingerprint density at radius 3 is 2.60 bits per heavy atom. The predicted octanol–water partition coefficient (Wildman–Crippen LogP) is 2.43. The number of hydrogen-bond donors (Lipinski definition) is 1. The van der Waals surface area contributed by atoms with Crippen LogP contribution in [-0.2, 0) is 23.2 Å². The van der Waals surface area contributed by atoms with Crippen LogP contribution in [0.3, 0.4) is 0 Å². The van der Waals surface area contributed by atoms with Crippen LogP contribution in [0.1, 0.15) is 24.5 Å². The van der Waals surface area contributed by atoms with E-state index in [0.29, 0.717) is 6.54 Å². The van der Waals surface area contributed by atoms with E-state index in [1.807, 2.05) is 31.4 Å². The van der Waals surface area contributed by atoms with Gasteiger partial charge in [0, 0.05) is 17.5 Å². The Morgan fingerprint density at radius 2 is 2.10 bits per heavy atom. The molecule has 0 fully saturated rings. The summed E-state index contributed by atoms with van der Waals surface area (Å²) in [6, 6.07) is 6.45. The van der Waals surface area contributed by atoms with Crippen LogP contribution in [0.5, 0.6) is 0 Å². The third-order valence-electron chi connectivity index (χ3n) is 2.82. The minimum atomic E-state index is -3.70. The van der Waals surface area contributed by atoms with Gasteiger partial charge in [-0.25, -0.2) is 8.42 Å². The number of furan rings is 1. The molecule has 0 aliphatic heterocycles. The molecular formula is C13H17NO4S2. The molecule has 110 valence electrons. The van der Waals surface area contributed by atoms with Crippen LogP contribution in [-0.4, -0.2) is 23.9 Å². The highest BCUT2D eigenvalue weighted by atomic mass is 32.2. The maximum Gasteiger partial charge on any atom is 0.277 e. The van der Waals surface area contributed by atoms with Gasteiger partial charge < -0.3 is 9.52 Å². The first-order valence-corrected chi connectivity index (χ1v) is 8.51. The second kappa shape index (κ2) is 6.09. The van der Waals surface area contributed by atoms with Crippen LogP contribution in [0, 0.1) is 0 Å². The number of sulfonamides is 1. The molecule has 5 nitrogen and oxygen atoms in total. The minimum absolute atomic E-state index is 0.133. The molecule has 0 radical (unpaired) electrons. The van der Waals surface area contributed by atoms with Crippen molar-refractivity contribution in [3.63, 3.8) is 0 Å². The zero-order valence-electron chi connectivity index (χ0n) is 11.3. The van der Waals surface area contributed by atoms with Crippen molar-refractivity contribution < 1.29 is 17.9 Å². The molecule has 2 heterocycles. The molecule has 0 bridgehead atoms. The van der Waals surface area contributed by atoms with Crippen molar-refractivity contribution >= 4 is 21.4 Å². The lowest BCUT2D eigenvalue weighted by Gasteiger charge is -2.24. The standard InChI is InChI=1S/C13H17NO4S2/c1-10(2)14(8-12-4-3-7-19-12)20(16,17)13-6-5-11(9-15)18-13/h3-7,10,15H,8-9H2,1-2H3. The second-order valence-electron chi connectivity index (χ2n) is 4.60. The molecule has 20 heavy (non-hydrogen) atoms. The lowest BCUT2D eigenvalue weighted by molar-refractivity contribution is 0.234. The van der Waals surface area contributed by atoms with Crippen LogP contribution in [0.4, 0.5) is 0 Å². The summed E-state index contributed by atoms with van der Waals surface area (Å²) in [6.07, 6.45) is 0. The lowest BCUT2D eigenvalue weighted by Crippen LogP contribution is -2.35. The fourth-order valence-corrected chi connectivity index (χ4v) is 4.13.